The minimum Gasteiger partial charge on any atom is -0.489 e. The summed E-state index contributed by atoms with van der Waals surface area (Å²) in [6.45, 7) is 2.30. The van der Waals surface area contributed by atoms with Crippen molar-refractivity contribution < 1.29 is 19.1 Å². The number of rotatable bonds is 5. The molecule has 0 bridgehead atoms. The molecule has 1 N–H and O–H groups in total. The van der Waals surface area contributed by atoms with Gasteiger partial charge in [0, 0.05) is 55.5 Å². The third-order valence-electron chi connectivity index (χ3n) is 8.00. The second kappa shape index (κ2) is 9.48. The van der Waals surface area contributed by atoms with E-state index in [1.807, 2.05) is 30.3 Å². The summed E-state index contributed by atoms with van der Waals surface area (Å²) in [6.07, 6.45) is 6.88. The second-order valence-corrected chi connectivity index (χ2v) is 10.7. The number of halogens is 1. The number of fused-ring (bicyclic) bond motifs is 1. The molecule has 1 aromatic heterocycles. The average Bonchev–Trinajstić information content (AvgIpc) is 3.16. The predicted octanol–water partition coefficient (Wildman–Crippen LogP) is 3.29. The van der Waals surface area contributed by atoms with E-state index in [0.717, 1.165) is 49.4 Å². The van der Waals surface area contributed by atoms with Gasteiger partial charge in [0.25, 0.3) is 5.91 Å². The molecule has 4 aliphatic rings. The number of benzene rings is 1. The van der Waals surface area contributed by atoms with Gasteiger partial charge in [-0.15, -0.1) is 0 Å². The summed E-state index contributed by atoms with van der Waals surface area (Å²) >= 11 is 5.99. The summed E-state index contributed by atoms with van der Waals surface area (Å²) in [5.74, 6) is 0.352. The summed E-state index contributed by atoms with van der Waals surface area (Å²) in [7, 11) is 0. The van der Waals surface area contributed by atoms with Crippen molar-refractivity contribution in [1.82, 2.24) is 20.1 Å². The molecule has 36 heavy (non-hydrogen) atoms. The Morgan fingerprint density at radius 3 is 2.64 bits per heavy atom. The van der Waals surface area contributed by atoms with Crippen LogP contribution in [0.1, 0.15) is 66.1 Å². The molecule has 1 saturated carbocycles. The van der Waals surface area contributed by atoms with E-state index in [-0.39, 0.29) is 24.3 Å². The minimum atomic E-state index is -0.607. The highest BCUT2D eigenvalue weighted by molar-refractivity contribution is 6.30. The number of nitrogens with one attached hydrogen (secondary N) is 1. The van der Waals surface area contributed by atoms with Crippen molar-refractivity contribution in [2.24, 2.45) is 0 Å². The molecule has 2 saturated heterocycles. The third kappa shape index (κ3) is 4.37. The van der Waals surface area contributed by atoms with Gasteiger partial charge in [-0.05, 0) is 61.6 Å². The third-order valence-corrected chi connectivity index (χ3v) is 8.22. The van der Waals surface area contributed by atoms with Crippen molar-refractivity contribution in [2.75, 3.05) is 13.1 Å². The Balaban J connectivity index is 1.11. The van der Waals surface area contributed by atoms with Crippen LogP contribution in [0, 0.1) is 0 Å². The maximum atomic E-state index is 13.0. The highest BCUT2D eigenvalue weighted by Gasteiger charge is 2.41. The number of pyridine rings is 1. The lowest BCUT2D eigenvalue weighted by Gasteiger charge is -2.48. The fourth-order valence-electron chi connectivity index (χ4n) is 6.03. The standard InChI is InChI=1S/C27H29ClN4O4/c28-18-5-8-21(29-12-18)17-13-31(14-17)22-3-1-2-4-24(22)36-19-6-7-20-16(11-19)15-32(27(20)35)23-9-10-25(33)30-26(23)34/h5-8,11-12,17,22-24H,1-4,9-10,13-15H2,(H,30,33,34)/t22-,23-,24+/m0/s1. The van der Waals surface area contributed by atoms with Gasteiger partial charge in [0.1, 0.15) is 17.9 Å². The summed E-state index contributed by atoms with van der Waals surface area (Å²) in [5, 5.41) is 3.01. The molecule has 9 heteroatoms. The first-order valence-electron chi connectivity index (χ1n) is 12.8. The van der Waals surface area contributed by atoms with Gasteiger partial charge in [-0.2, -0.15) is 0 Å². The van der Waals surface area contributed by atoms with Crippen molar-refractivity contribution in [1.29, 1.82) is 0 Å². The van der Waals surface area contributed by atoms with Crippen LogP contribution in [-0.4, -0.2) is 63.8 Å². The van der Waals surface area contributed by atoms with E-state index in [1.165, 1.54) is 6.42 Å². The Hall–Kier alpha value is -2.97. The van der Waals surface area contributed by atoms with Crippen LogP contribution in [0.3, 0.4) is 0 Å². The van der Waals surface area contributed by atoms with Crippen LogP contribution in [-0.2, 0) is 16.1 Å². The highest BCUT2D eigenvalue weighted by atomic mass is 35.5. The monoisotopic (exact) mass is 508 g/mol. The van der Waals surface area contributed by atoms with Crippen molar-refractivity contribution >= 4 is 29.3 Å². The van der Waals surface area contributed by atoms with Gasteiger partial charge >= 0.3 is 0 Å². The fourth-order valence-corrected chi connectivity index (χ4v) is 6.14. The van der Waals surface area contributed by atoms with Crippen LogP contribution in [0.15, 0.2) is 36.5 Å². The molecule has 0 radical (unpaired) electrons. The molecule has 2 aromatic rings. The van der Waals surface area contributed by atoms with Crippen LogP contribution >= 0.6 is 11.6 Å². The fraction of sp³-hybridized carbons (Fsp3) is 0.481. The zero-order valence-electron chi connectivity index (χ0n) is 20.0. The van der Waals surface area contributed by atoms with Gasteiger partial charge in [0.2, 0.25) is 11.8 Å². The number of carbonyl (C=O) groups is 3. The summed E-state index contributed by atoms with van der Waals surface area (Å²) in [6, 6.07) is 9.29. The molecule has 6 rings (SSSR count). The van der Waals surface area contributed by atoms with Crippen LogP contribution in [0.4, 0.5) is 0 Å². The molecule has 0 spiro atoms. The first kappa shape index (κ1) is 23.4. The summed E-state index contributed by atoms with van der Waals surface area (Å²) in [5.41, 5.74) is 2.56. The topological polar surface area (TPSA) is 91.8 Å². The smallest absolute Gasteiger partial charge is 0.255 e. The number of hydrogen-bond acceptors (Lipinski definition) is 6. The number of nitrogens with zero attached hydrogens (tertiary/aromatic N) is 3. The quantitative estimate of drug-likeness (QED) is 0.623. The van der Waals surface area contributed by atoms with E-state index in [4.69, 9.17) is 16.3 Å². The Morgan fingerprint density at radius 1 is 1.03 bits per heavy atom. The number of carbonyl (C=O) groups excluding carboxylic acids is 3. The number of likely N-dealkylation sites (tertiary alicyclic amines) is 1. The Labute approximate surface area is 214 Å². The molecular weight excluding hydrogens is 480 g/mol. The largest absolute Gasteiger partial charge is 0.489 e. The molecular formula is C27H29ClN4O4. The molecule has 3 aliphatic heterocycles. The maximum Gasteiger partial charge on any atom is 0.255 e. The average molecular weight is 509 g/mol. The number of ether oxygens (including phenoxy) is 1. The van der Waals surface area contributed by atoms with Crippen molar-refractivity contribution in [2.45, 2.75) is 69.2 Å². The first-order valence-corrected chi connectivity index (χ1v) is 13.1. The van der Waals surface area contributed by atoms with Crippen molar-refractivity contribution in [3.63, 3.8) is 0 Å². The zero-order valence-corrected chi connectivity index (χ0v) is 20.7. The van der Waals surface area contributed by atoms with Crippen LogP contribution in [0.2, 0.25) is 5.02 Å². The molecule has 3 fully saturated rings. The van der Waals surface area contributed by atoms with Gasteiger partial charge in [-0.1, -0.05) is 18.0 Å². The van der Waals surface area contributed by atoms with E-state index >= 15 is 0 Å². The van der Waals surface area contributed by atoms with Crippen molar-refractivity contribution in [3.8, 4) is 5.75 Å². The highest BCUT2D eigenvalue weighted by Crippen LogP contribution is 2.36. The second-order valence-electron chi connectivity index (χ2n) is 10.3. The van der Waals surface area contributed by atoms with Crippen LogP contribution in [0.25, 0.3) is 0 Å². The molecule has 3 amide bonds. The Bertz CT molecular complexity index is 1200. The number of imide groups is 1. The molecule has 4 heterocycles. The first-order chi connectivity index (χ1) is 17.5. The maximum absolute atomic E-state index is 13.0. The lowest BCUT2D eigenvalue weighted by atomic mass is 9.85. The predicted molar refractivity (Wildman–Crippen MR) is 133 cm³/mol. The van der Waals surface area contributed by atoms with Crippen molar-refractivity contribution in [3.05, 3.63) is 58.4 Å². The van der Waals surface area contributed by atoms with E-state index in [1.54, 1.807) is 11.1 Å². The minimum absolute atomic E-state index is 0.0965. The SMILES string of the molecule is O=C1CC[C@H](N2Cc3cc(O[C@@H]4CCCC[C@@H]4N4CC(c5ccc(Cl)cn5)C4)ccc3C2=O)C(=O)N1. The van der Waals surface area contributed by atoms with Crippen LogP contribution < -0.4 is 10.1 Å². The van der Waals surface area contributed by atoms with Crippen LogP contribution in [0.5, 0.6) is 5.75 Å². The van der Waals surface area contributed by atoms with E-state index in [9.17, 15) is 14.4 Å². The zero-order chi connectivity index (χ0) is 24.8. The van der Waals surface area contributed by atoms with Gasteiger partial charge in [-0.3, -0.25) is 29.6 Å². The molecule has 8 nitrogen and oxygen atoms in total. The Kier molecular flexibility index (Phi) is 6.17. The van der Waals surface area contributed by atoms with Gasteiger partial charge in [0.05, 0.1) is 5.02 Å². The molecule has 1 aromatic carbocycles. The number of hydrogen-bond donors (Lipinski definition) is 1. The van der Waals surface area contributed by atoms with Gasteiger partial charge in [0.15, 0.2) is 0 Å². The normalized spacial score (nSPS) is 27.0. The lowest BCUT2D eigenvalue weighted by molar-refractivity contribution is -0.136. The van der Waals surface area contributed by atoms with Gasteiger partial charge < -0.3 is 9.64 Å². The Morgan fingerprint density at radius 2 is 1.86 bits per heavy atom. The number of amides is 3. The number of aromatic nitrogens is 1. The van der Waals surface area contributed by atoms with Gasteiger partial charge in [-0.25, -0.2) is 0 Å². The molecule has 0 unspecified atom stereocenters. The lowest BCUT2D eigenvalue weighted by Crippen LogP contribution is -2.57. The molecule has 1 aliphatic carbocycles. The molecule has 188 valence electrons. The van der Waals surface area contributed by atoms with E-state index in [2.05, 4.69) is 15.2 Å². The van der Waals surface area contributed by atoms with E-state index < -0.39 is 11.9 Å². The summed E-state index contributed by atoms with van der Waals surface area (Å²) < 4.78 is 6.53. The number of piperidine rings is 1. The van der Waals surface area contributed by atoms with E-state index in [0.29, 0.717) is 35.5 Å². The molecule has 3 atom stereocenters. The summed E-state index contributed by atoms with van der Waals surface area (Å²) in [4.78, 5) is 45.4.